The number of nitrogens with one attached hydrogen (secondary N) is 1. The van der Waals surface area contributed by atoms with E-state index in [1.54, 1.807) is 44.4 Å². The highest BCUT2D eigenvalue weighted by atomic mass is 32.2. The lowest BCUT2D eigenvalue weighted by Crippen LogP contribution is -2.42. The topological polar surface area (TPSA) is 93.4 Å². The first kappa shape index (κ1) is 22.3. The van der Waals surface area contributed by atoms with E-state index in [4.69, 9.17) is 0 Å². The Morgan fingerprint density at radius 2 is 1.62 bits per heavy atom. The van der Waals surface area contributed by atoms with Crippen LogP contribution in [0.2, 0.25) is 0 Å². The van der Waals surface area contributed by atoms with Crippen LogP contribution in [0, 0.1) is 11.8 Å². The normalized spacial score (nSPS) is 19.9. The molecule has 1 aliphatic heterocycles. The Bertz CT molecular complexity index is 1350. The molecule has 170 valence electrons. The Morgan fingerprint density at radius 1 is 0.969 bits per heavy atom. The van der Waals surface area contributed by atoms with E-state index in [1.807, 2.05) is 0 Å². The van der Waals surface area contributed by atoms with E-state index in [2.05, 4.69) is 19.2 Å². The maximum Gasteiger partial charge on any atom is 0.328 e. The van der Waals surface area contributed by atoms with Gasteiger partial charge in [0.2, 0.25) is 10.0 Å². The van der Waals surface area contributed by atoms with Crippen LogP contribution in [-0.4, -0.2) is 40.9 Å². The average Bonchev–Trinajstić information content (AvgIpc) is 2.97. The van der Waals surface area contributed by atoms with Gasteiger partial charge in [0.25, 0.3) is 5.91 Å². The Balaban J connectivity index is 1.59. The fourth-order valence-electron chi connectivity index (χ4n) is 4.54. The van der Waals surface area contributed by atoms with Crippen LogP contribution in [0.4, 0.5) is 5.69 Å². The molecule has 2 heterocycles. The molecule has 2 atom stereocenters. The molecular formula is C23H28N4O4S. The molecule has 1 fully saturated rings. The average molecular weight is 457 g/mol. The van der Waals surface area contributed by atoms with Gasteiger partial charge in [-0.1, -0.05) is 19.9 Å². The highest BCUT2D eigenvalue weighted by molar-refractivity contribution is 7.89. The number of aryl methyl sites for hydroxylation is 2. The van der Waals surface area contributed by atoms with Crippen molar-refractivity contribution in [2.45, 2.75) is 25.2 Å². The molecule has 1 aliphatic rings. The van der Waals surface area contributed by atoms with E-state index in [0.717, 1.165) is 11.9 Å². The summed E-state index contributed by atoms with van der Waals surface area (Å²) in [6.45, 7) is 5.08. The second-order valence-electron chi connectivity index (χ2n) is 8.85. The van der Waals surface area contributed by atoms with Crippen molar-refractivity contribution in [2.24, 2.45) is 25.9 Å². The Labute approximate surface area is 187 Å². The largest absolute Gasteiger partial charge is 0.328 e. The SMILES string of the molecule is CC1CC(C)CN(S(=O)(=O)c2cccc(C(=O)Nc3ccc4c(c3)n(C)c(=O)n4C)c2)C1. The number of carbonyl (C=O) groups is 1. The smallest absolute Gasteiger partial charge is 0.322 e. The first-order valence-corrected chi connectivity index (χ1v) is 12.1. The van der Waals surface area contributed by atoms with Crippen molar-refractivity contribution in [3.05, 3.63) is 58.5 Å². The summed E-state index contributed by atoms with van der Waals surface area (Å²) in [5, 5.41) is 2.81. The summed E-state index contributed by atoms with van der Waals surface area (Å²) in [6, 6.07) is 11.3. The van der Waals surface area contributed by atoms with Crippen LogP contribution >= 0.6 is 0 Å². The van der Waals surface area contributed by atoms with E-state index in [0.29, 0.717) is 36.1 Å². The fourth-order valence-corrected chi connectivity index (χ4v) is 6.26. The van der Waals surface area contributed by atoms with E-state index in [1.165, 1.54) is 25.6 Å². The quantitative estimate of drug-likeness (QED) is 0.653. The monoisotopic (exact) mass is 456 g/mol. The highest BCUT2D eigenvalue weighted by Gasteiger charge is 2.32. The third kappa shape index (κ3) is 3.98. The number of imidazole rings is 1. The molecule has 0 aliphatic carbocycles. The van der Waals surface area contributed by atoms with Gasteiger partial charge in [0.15, 0.2) is 0 Å². The number of rotatable bonds is 4. The summed E-state index contributed by atoms with van der Waals surface area (Å²) < 4.78 is 31.0. The van der Waals surface area contributed by atoms with Gasteiger partial charge in [0.1, 0.15) is 0 Å². The predicted octanol–water partition coefficient (Wildman–Crippen LogP) is 2.80. The number of nitrogens with zero attached hydrogens (tertiary/aromatic N) is 3. The van der Waals surface area contributed by atoms with Crippen LogP contribution in [0.3, 0.4) is 0 Å². The molecule has 9 heteroatoms. The molecule has 0 radical (unpaired) electrons. The second kappa shape index (κ2) is 8.22. The van der Waals surface area contributed by atoms with Gasteiger partial charge in [-0.25, -0.2) is 13.2 Å². The summed E-state index contributed by atoms with van der Waals surface area (Å²) in [5.41, 5.74) is 2.08. The van der Waals surface area contributed by atoms with Crippen molar-refractivity contribution < 1.29 is 13.2 Å². The van der Waals surface area contributed by atoms with E-state index in [9.17, 15) is 18.0 Å². The number of anilines is 1. The van der Waals surface area contributed by atoms with Crippen LogP contribution in [0.25, 0.3) is 11.0 Å². The fraction of sp³-hybridized carbons (Fsp3) is 0.391. The zero-order chi connectivity index (χ0) is 23.2. The maximum atomic E-state index is 13.2. The number of benzene rings is 2. The zero-order valence-corrected chi connectivity index (χ0v) is 19.5. The lowest BCUT2D eigenvalue weighted by molar-refractivity contribution is 0.102. The van der Waals surface area contributed by atoms with Crippen LogP contribution in [0.15, 0.2) is 52.2 Å². The molecule has 1 aromatic heterocycles. The number of piperidine rings is 1. The summed E-state index contributed by atoms with van der Waals surface area (Å²) in [6.07, 6.45) is 1.01. The van der Waals surface area contributed by atoms with Gasteiger partial charge < -0.3 is 5.32 Å². The molecule has 2 unspecified atom stereocenters. The number of hydrogen-bond acceptors (Lipinski definition) is 4. The van der Waals surface area contributed by atoms with Gasteiger partial charge in [-0.2, -0.15) is 4.31 Å². The van der Waals surface area contributed by atoms with Crippen molar-refractivity contribution in [3.8, 4) is 0 Å². The van der Waals surface area contributed by atoms with Crippen molar-refractivity contribution in [1.82, 2.24) is 13.4 Å². The van der Waals surface area contributed by atoms with Crippen molar-refractivity contribution in [2.75, 3.05) is 18.4 Å². The number of hydrogen-bond donors (Lipinski definition) is 1. The minimum Gasteiger partial charge on any atom is -0.322 e. The van der Waals surface area contributed by atoms with Crippen LogP contribution in [0.1, 0.15) is 30.6 Å². The minimum atomic E-state index is -3.68. The molecule has 2 aromatic carbocycles. The van der Waals surface area contributed by atoms with Gasteiger partial charge in [-0.05, 0) is 54.7 Å². The minimum absolute atomic E-state index is 0.118. The first-order valence-electron chi connectivity index (χ1n) is 10.6. The van der Waals surface area contributed by atoms with Crippen molar-refractivity contribution in [3.63, 3.8) is 0 Å². The van der Waals surface area contributed by atoms with Gasteiger partial charge in [-0.3, -0.25) is 13.9 Å². The summed E-state index contributed by atoms with van der Waals surface area (Å²) >= 11 is 0. The Hall–Kier alpha value is -2.91. The summed E-state index contributed by atoms with van der Waals surface area (Å²) in [5.74, 6) is 0.176. The van der Waals surface area contributed by atoms with E-state index in [-0.39, 0.29) is 16.1 Å². The molecule has 0 spiro atoms. The third-order valence-electron chi connectivity index (χ3n) is 6.10. The zero-order valence-electron chi connectivity index (χ0n) is 18.7. The second-order valence-corrected chi connectivity index (χ2v) is 10.8. The first-order chi connectivity index (χ1) is 15.1. The molecule has 8 nitrogen and oxygen atoms in total. The van der Waals surface area contributed by atoms with E-state index >= 15 is 0 Å². The molecule has 0 bridgehead atoms. The molecular weight excluding hydrogens is 428 g/mol. The highest BCUT2D eigenvalue weighted by Crippen LogP contribution is 2.27. The number of sulfonamides is 1. The van der Waals surface area contributed by atoms with Crippen molar-refractivity contribution >= 4 is 32.7 Å². The third-order valence-corrected chi connectivity index (χ3v) is 7.93. The Morgan fingerprint density at radius 3 is 2.31 bits per heavy atom. The molecule has 3 aromatic rings. The molecule has 1 amide bonds. The lowest BCUT2D eigenvalue weighted by Gasteiger charge is -2.34. The van der Waals surface area contributed by atoms with E-state index < -0.39 is 15.9 Å². The van der Waals surface area contributed by atoms with Gasteiger partial charge in [0, 0.05) is 38.4 Å². The number of carbonyl (C=O) groups excluding carboxylic acids is 1. The number of amides is 1. The molecule has 0 saturated carbocycles. The van der Waals surface area contributed by atoms with Crippen LogP contribution in [-0.2, 0) is 24.1 Å². The van der Waals surface area contributed by atoms with Crippen LogP contribution in [0.5, 0.6) is 0 Å². The predicted molar refractivity (Wildman–Crippen MR) is 124 cm³/mol. The lowest BCUT2D eigenvalue weighted by atomic mass is 9.94. The Kier molecular flexibility index (Phi) is 5.72. The van der Waals surface area contributed by atoms with Crippen LogP contribution < -0.4 is 11.0 Å². The maximum absolute atomic E-state index is 13.2. The molecule has 1 saturated heterocycles. The summed E-state index contributed by atoms with van der Waals surface area (Å²) in [4.78, 5) is 25.1. The standard InChI is InChI=1S/C23H28N4O4S/c1-15-10-16(2)14-27(13-15)32(30,31)19-7-5-6-17(11-19)22(28)24-18-8-9-20-21(12-18)26(4)23(29)25(20)3/h5-9,11-12,15-16H,10,13-14H2,1-4H3,(H,24,28). The molecule has 4 rings (SSSR count). The number of fused-ring (bicyclic) bond motifs is 1. The van der Waals surface area contributed by atoms with Gasteiger partial charge >= 0.3 is 5.69 Å². The molecule has 1 N–H and O–H groups in total. The van der Waals surface area contributed by atoms with Gasteiger partial charge in [-0.15, -0.1) is 0 Å². The van der Waals surface area contributed by atoms with Crippen molar-refractivity contribution in [1.29, 1.82) is 0 Å². The molecule has 32 heavy (non-hydrogen) atoms. The van der Waals surface area contributed by atoms with Gasteiger partial charge in [0.05, 0.1) is 15.9 Å². The summed E-state index contributed by atoms with van der Waals surface area (Å²) in [7, 11) is -0.314. The number of aromatic nitrogens is 2.